The number of rotatable bonds is 16. The van der Waals surface area contributed by atoms with E-state index in [-0.39, 0.29) is 48.8 Å². The molecule has 492 valence electrons. The lowest BCUT2D eigenvalue weighted by Gasteiger charge is -2.44. The first kappa shape index (κ1) is 73.8. The summed E-state index contributed by atoms with van der Waals surface area (Å²) in [5.41, 5.74) is -3.59. The van der Waals surface area contributed by atoms with Gasteiger partial charge in [0.05, 0.1) is 52.9 Å². The van der Waals surface area contributed by atoms with E-state index >= 15 is 0 Å². The van der Waals surface area contributed by atoms with Crippen molar-refractivity contribution in [2.24, 2.45) is 21.1 Å². The lowest BCUT2D eigenvalue weighted by Crippen LogP contribution is -2.66. The Morgan fingerprint density at radius 1 is 0.483 bits per heavy atom. The minimum Gasteiger partial charge on any atom is -0.382 e. The normalized spacial score (nSPS) is 29.8. The van der Waals surface area contributed by atoms with Gasteiger partial charge in [0.15, 0.2) is 25.2 Å². The summed E-state index contributed by atoms with van der Waals surface area (Å²) in [4.78, 5) is 115. The molecule has 3 aromatic heterocycles. The summed E-state index contributed by atoms with van der Waals surface area (Å²) in [7, 11) is -5.97. The highest BCUT2D eigenvalue weighted by Gasteiger charge is 2.67. The Labute approximate surface area is 496 Å². The van der Waals surface area contributed by atoms with Crippen LogP contribution in [0.25, 0.3) is 10.8 Å². The molecule has 87 heavy (non-hydrogen) atoms. The van der Waals surface area contributed by atoms with Gasteiger partial charge in [-0.25, -0.2) is 43.4 Å². The zero-order valence-corrected chi connectivity index (χ0v) is 52.2. The Morgan fingerprint density at radius 3 is 1.09 bits per heavy atom. The number of pyridine rings is 2. The molecule has 0 amide bonds. The van der Waals surface area contributed by atoms with E-state index in [1.54, 1.807) is 44.2 Å². The molecular weight excluding hydrogens is 1250 g/mol. The second kappa shape index (κ2) is 30.9. The third kappa shape index (κ3) is 19.5. The molecule has 16 rings (SSSR count). The van der Waals surface area contributed by atoms with Crippen LogP contribution in [0.2, 0.25) is 0 Å². The molecule has 12 aliphatic heterocycles. The van der Waals surface area contributed by atoms with Crippen LogP contribution >= 0.6 is 31.0 Å². The molecule has 0 unspecified atom stereocenters. The van der Waals surface area contributed by atoms with Gasteiger partial charge in [-0.05, 0) is 23.6 Å². The van der Waals surface area contributed by atoms with Gasteiger partial charge in [-0.15, -0.1) is 0 Å². The standard InChI is InChI=1S/C10H9NO.4C6H12NO6P.C6H7NO.C5H6N2O2.C2H6/c1-11-7-6-8-4-2-3-5-9(8)10(11)12;4*1-11-2-6-3-12-5(13-6)4(6)7-14(8,9)10;1-7-5-3-2-4-6(7)8;1-7-3-2-4(8)6-5(7)9;1-2/h2-7H,1H3;4*4-5H,2-3H2,1H3,(H3,7,8,9,10);2-5H,1H3;2-3H,1H3,(H,6,8,9);1-2H3/t;4*4-,5-,6-;;;/m.0000.../s1. The topological polar surface area (TPSA) is 488 Å². The fourth-order valence-corrected chi connectivity index (χ4v) is 12.3. The summed E-state index contributed by atoms with van der Waals surface area (Å²) in [5, 5.41) is 10.5. The minimum atomic E-state index is -4.25. The van der Waals surface area contributed by atoms with Crippen LogP contribution in [-0.2, 0) is 96.2 Å². The molecule has 0 spiro atoms. The van der Waals surface area contributed by atoms with Crippen molar-refractivity contribution in [3.8, 4) is 0 Å². The number of nitrogens with one attached hydrogen (secondary N) is 5. The summed E-state index contributed by atoms with van der Waals surface area (Å²) in [5.74, 6) is 0. The molecule has 12 aliphatic rings. The first-order chi connectivity index (χ1) is 40.7. The maximum absolute atomic E-state index is 11.5. The molecule has 0 radical (unpaired) electrons. The van der Waals surface area contributed by atoms with Gasteiger partial charge in [0.25, 0.3) is 11.1 Å². The number of fused-ring (bicyclic) bond motifs is 5. The second-order valence-corrected chi connectivity index (χ2v) is 25.4. The van der Waals surface area contributed by atoms with Gasteiger partial charge in [0.1, 0.15) is 46.6 Å². The van der Waals surface area contributed by atoms with Crippen LogP contribution in [0, 0.1) is 0 Å². The van der Waals surface area contributed by atoms with E-state index in [0.29, 0.717) is 26.4 Å². The fraction of sp³-hybridized carbons (Fsp3) is 0.617. The third-order valence-electron chi connectivity index (χ3n) is 13.5. The lowest BCUT2D eigenvalue weighted by atomic mass is 9.93. The molecule has 0 aliphatic carbocycles. The van der Waals surface area contributed by atoms with Crippen molar-refractivity contribution < 1.29 is 114 Å². The van der Waals surface area contributed by atoms with Gasteiger partial charge in [0, 0.05) is 85.7 Å². The largest absolute Gasteiger partial charge is 0.400 e. The van der Waals surface area contributed by atoms with Crippen molar-refractivity contribution in [2.45, 2.75) is 85.6 Å². The van der Waals surface area contributed by atoms with Gasteiger partial charge < -0.3 is 110 Å². The first-order valence-electron chi connectivity index (χ1n) is 26.1. The van der Waals surface area contributed by atoms with E-state index in [1.807, 2.05) is 50.2 Å². The van der Waals surface area contributed by atoms with Crippen LogP contribution in [-0.4, -0.2) is 211 Å². The fourth-order valence-electron chi connectivity index (χ4n) is 9.46. The molecule has 12 saturated heterocycles. The van der Waals surface area contributed by atoms with Crippen LogP contribution in [0.3, 0.4) is 0 Å². The second-order valence-electron chi connectivity index (χ2n) is 20.0. The number of benzene rings is 1. The first-order valence-corrected chi connectivity index (χ1v) is 32.5. The number of hydrogen-bond donors (Lipinski definition) is 13. The van der Waals surface area contributed by atoms with E-state index in [0.717, 1.165) is 10.8 Å². The van der Waals surface area contributed by atoms with E-state index in [9.17, 15) is 37.4 Å². The third-order valence-corrected chi connectivity index (χ3v) is 16.0. The van der Waals surface area contributed by atoms with Crippen molar-refractivity contribution in [3.05, 3.63) is 115 Å². The Kier molecular flexibility index (Phi) is 26.2. The minimum absolute atomic E-state index is 0.0347. The highest BCUT2D eigenvalue weighted by Crippen LogP contribution is 2.49. The van der Waals surface area contributed by atoms with E-state index in [2.05, 4.69) is 25.3 Å². The molecule has 0 saturated carbocycles. The molecule has 12 atom stereocenters. The van der Waals surface area contributed by atoms with Crippen LogP contribution < -0.4 is 42.7 Å². The SMILES string of the molecule is CC.COC[C@@]12CO[C@@H](O1)[C@@H]2NP(=O)(O)O.COC[C@@]12CO[C@@H](O1)[C@@H]2NP(=O)(O)O.COC[C@@]12CO[C@@H](O1)[C@@H]2NP(=O)(O)O.COC[C@@]12CO[C@@H](O1)[C@@H]2NP(=O)(O)O.Cn1ccc(=O)[nH]c1=O.Cn1ccc2ccccc2c1=O.Cn1ccccc1=O. The van der Waals surface area contributed by atoms with E-state index in [4.69, 9.17) is 96.0 Å². The van der Waals surface area contributed by atoms with Gasteiger partial charge in [-0.1, -0.05) is 38.1 Å². The Balaban J connectivity index is 0.000000186. The Hall–Kier alpha value is -3.98. The molecule has 8 bridgehead atoms. The van der Waals surface area contributed by atoms with Crippen molar-refractivity contribution in [1.82, 2.24) is 39.0 Å². The van der Waals surface area contributed by atoms with Crippen LogP contribution in [0.1, 0.15) is 13.8 Å². The van der Waals surface area contributed by atoms with E-state index in [1.165, 1.54) is 55.9 Å². The van der Waals surface area contributed by atoms with Crippen molar-refractivity contribution in [1.29, 1.82) is 0 Å². The van der Waals surface area contributed by atoms with Crippen LogP contribution in [0.5, 0.6) is 0 Å². The monoisotopic (exact) mass is 1320 g/mol. The number of nitrogens with zero attached hydrogens (tertiary/aromatic N) is 3. The number of methoxy groups -OCH3 is 4. The van der Waals surface area contributed by atoms with Gasteiger partial charge in [0.2, 0.25) is 5.56 Å². The predicted molar refractivity (Wildman–Crippen MR) is 302 cm³/mol. The quantitative estimate of drug-likeness (QED) is 0.0506. The highest BCUT2D eigenvalue weighted by atomic mass is 31.2. The number of aromatic nitrogens is 4. The average Bonchev–Trinajstić information content (AvgIpc) is 1.64. The van der Waals surface area contributed by atoms with Gasteiger partial charge >= 0.3 is 36.7 Å². The maximum Gasteiger partial charge on any atom is 0.400 e. The molecule has 40 heteroatoms. The zero-order valence-electron chi connectivity index (χ0n) is 48.6. The number of ether oxygens (including phenoxy) is 12. The summed E-state index contributed by atoms with van der Waals surface area (Å²) < 4.78 is 109. The summed E-state index contributed by atoms with van der Waals surface area (Å²) in [6.07, 6.45) is 2.64. The van der Waals surface area contributed by atoms with Crippen molar-refractivity contribution >= 4 is 41.8 Å². The van der Waals surface area contributed by atoms with Gasteiger partial charge in [-0.2, -0.15) is 0 Å². The Bertz CT molecular complexity index is 3100. The number of aromatic amines is 1. The molecule has 12 fully saturated rings. The zero-order chi connectivity index (χ0) is 65.0. The van der Waals surface area contributed by atoms with Crippen LogP contribution in [0.4, 0.5) is 0 Å². The predicted octanol–water partition coefficient (Wildman–Crippen LogP) is -2.74. The van der Waals surface area contributed by atoms with E-state index < -0.39 is 103 Å². The van der Waals surface area contributed by atoms with Crippen LogP contribution in [0.15, 0.2) is 92.4 Å². The summed E-state index contributed by atoms with van der Waals surface area (Å²) in [6, 6.07) is 13.9. The lowest BCUT2D eigenvalue weighted by molar-refractivity contribution is -0.231. The van der Waals surface area contributed by atoms with Crippen molar-refractivity contribution in [3.63, 3.8) is 0 Å². The molecule has 15 heterocycles. The van der Waals surface area contributed by atoms with Gasteiger partial charge in [-0.3, -0.25) is 19.4 Å². The number of aryl methyl sites for hydroxylation is 3. The molecule has 13 N–H and O–H groups in total. The number of H-pyrrole nitrogens is 1. The average molecular weight is 1330 g/mol. The Morgan fingerprint density at radius 2 is 0.816 bits per heavy atom. The summed E-state index contributed by atoms with van der Waals surface area (Å²) in [6.45, 7) is 6.18. The van der Waals surface area contributed by atoms with Crippen molar-refractivity contribution in [2.75, 3.05) is 81.3 Å². The highest BCUT2D eigenvalue weighted by molar-refractivity contribution is 7.50. The summed E-state index contributed by atoms with van der Waals surface area (Å²) >= 11 is 0. The number of hydrogen-bond acceptors (Lipinski definition) is 20. The molecular formula is C47H76N8O28P4. The molecule has 1 aromatic carbocycles. The molecule has 4 aromatic rings. The molecule has 36 nitrogen and oxygen atoms in total. The smallest absolute Gasteiger partial charge is 0.382 e. The maximum atomic E-state index is 11.5.